The molecule has 0 aliphatic carbocycles. The second-order valence-electron chi connectivity index (χ2n) is 2.83. The zero-order valence-electron chi connectivity index (χ0n) is 6.61. The van der Waals surface area contributed by atoms with E-state index >= 15 is 0 Å². The van der Waals surface area contributed by atoms with Crippen molar-refractivity contribution in [3.8, 4) is 0 Å². The standard InChI is InChI=1S/C7H7BrN2O2S/c8-5-1-9-6(13-5)7(12)10-2-4(11)3-10/h1,4,11H,2-3H2. The Balaban J connectivity index is 2.06. The van der Waals surface area contributed by atoms with E-state index in [4.69, 9.17) is 5.11 Å². The van der Waals surface area contributed by atoms with Crippen LogP contribution >= 0.6 is 27.3 Å². The van der Waals surface area contributed by atoms with Crippen LogP contribution in [-0.4, -0.2) is 40.1 Å². The number of rotatable bonds is 1. The maximum atomic E-state index is 11.5. The molecule has 13 heavy (non-hydrogen) atoms. The largest absolute Gasteiger partial charge is 0.389 e. The smallest absolute Gasteiger partial charge is 0.283 e. The number of carbonyl (C=O) groups excluding carboxylic acids is 1. The van der Waals surface area contributed by atoms with Crippen LogP contribution in [0, 0.1) is 0 Å². The highest BCUT2D eigenvalue weighted by Crippen LogP contribution is 2.22. The van der Waals surface area contributed by atoms with Crippen molar-refractivity contribution in [2.75, 3.05) is 13.1 Å². The number of amides is 1. The molecule has 0 aromatic carbocycles. The van der Waals surface area contributed by atoms with Crippen LogP contribution in [0.15, 0.2) is 9.98 Å². The van der Waals surface area contributed by atoms with E-state index in [-0.39, 0.29) is 12.0 Å². The van der Waals surface area contributed by atoms with Crippen molar-refractivity contribution in [2.45, 2.75) is 6.10 Å². The number of hydrogen-bond donors (Lipinski definition) is 1. The van der Waals surface area contributed by atoms with Crippen LogP contribution in [0.3, 0.4) is 0 Å². The van der Waals surface area contributed by atoms with Gasteiger partial charge in [0, 0.05) is 13.1 Å². The highest BCUT2D eigenvalue weighted by Gasteiger charge is 2.30. The van der Waals surface area contributed by atoms with Crippen molar-refractivity contribution < 1.29 is 9.90 Å². The molecule has 1 fully saturated rings. The summed E-state index contributed by atoms with van der Waals surface area (Å²) in [5, 5.41) is 9.47. The van der Waals surface area contributed by atoms with Gasteiger partial charge in [0.05, 0.1) is 16.1 Å². The number of β-amino-alcohol motifs (C(OH)–C–C–N with tert-alkyl or cyclic N) is 1. The van der Waals surface area contributed by atoms with Gasteiger partial charge in [0.25, 0.3) is 5.91 Å². The third kappa shape index (κ3) is 1.74. The Labute approximate surface area is 87.3 Å². The van der Waals surface area contributed by atoms with Gasteiger partial charge in [0.1, 0.15) is 0 Å². The van der Waals surface area contributed by atoms with E-state index in [2.05, 4.69) is 20.9 Å². The van der Waals surface area contributed by atoms with Crippen molar-refractivity contribution in [1.29, 1.82) is 0 Å². The molecule has 1 aliphatic heterocycles. The van der Waals surface area contributed by atoms with E-state index < -0.39 is 0 Å². The summed E-state index contributed by atoms with van der Waals surface area (Å²) in [6, 6.07) is 0. The van der Waals surface area contributed by atoms with Crippen LogP contribution in [-0.2, 0) is 0 Å². The first kappa shape index (κ1) is 9.11. The molecule has 1 aliphatic rings. The molecular formula is C7H7BrN2O2S. The van der Waals surface area contributed by atoms with Gasteiger partial charge in [-0.3, -0.25) is 4.79 Å². The van der Waals surface area contributed by atoms with Gasteiger partial charge in [-0.05, 0) is 15.9 Å². The molecule has 0 saturated carbocycles. The Bertz CT molecular complexity index is 335. The van der Waals surface area contributed by atoms with Crippen molar-refractivity contribution in [3.63, 3.8) is 0 Å². The Morgan fingerprint density at radius 2 is 2.46 bits per heavy atom. The summed E-state index contributed by atoms with van der Waals surface area (Å²) >= 11 is 4.54. The van der Waals surface area contributed by atoms with E-state index in [0.717, 1.165) is 3.79 Å². The van der Waals surface area contributed by atoms with Gasteiger partial charge in [-0.2, -0.15) is 0 Å². The van der Waals surface area contributed by atoms with Crippen LogP contribution in [0.1, 0.15) is 9.80 Å². The molecule has 4 nitrogen and oxygen atoms in total. The first-order valence-electron chi connectivity index (χ1n) is 3.75. The van der Waals surface area contributed by atoms with Gasteiger partial charge in [-0.15, -0.1) is 11.3 Å². The predicted octanol–water partition coefficient (Wildman–Crippen LogP) is 0.722. The Morgan fingerprint density at radius 3 is 2.92 bits per heavy atom. The van der Waals surface area contributed by atoms with Crippen LogP contribution in [0.25, 0.3) is 0 Å². The summed E-state index contributed by atoms with van der Waals surface area (Å²) in [6.07, 6.45) is 1.25. The minimum absolute atomic E-state index is 0.0963. The molecule has 0 unspecified atom stereocenters. The van der Waals surface area contributed by atoms with Gasteiger partial charge < -0.3 is 10.0 Å². The van der Waals surface area contributed by atoms with E-state index in [1.54, 1.807) is 11.1 Å². The molecule has 2 heterocycles. The minimum atomic E-state index is -0.354. The lowest BCUT2D eigenvalue weighted by Crippen LogP contribution is -2.53. The van der Waals surface area contributed by atoms with Crippen LogP contribution < -0.4 is 0 Å². The first-order chi connectivity index (χ1) is 6.16. The first-order valence-corrected chi connectivity index (χ1v) is 5.36. The van der Waals surface area contributed by atoms with Crippen LogP contribution in [0.2, 0.25) is 0 Å². The molecule has 1 aromatic rings. The van der Waals surface area contributed by atoms with Gasteiger partial charge in [0.15, 0.2) is 5.01 Å². The number of carbonyl (C=O) groups is 1. The SMILES string of the molecule is O=C(c1ncc(Br)s1)N1CC(O)C1. The molecular weight excluding hydrogens is 256 g/mol. The summed E-state index contributed by atoms with van der Waals surface area (Å²) in [5.74, 6) is -0.0963. The van der Waals surface area contributed by atoms with Gasteiger partial charge >= 0.3 is 0 Å². The summed E-state index contributed by atoms with van der Waals surface area (Å²) in [7, 11) is 0. The lowest BCUT2D eigenvalue weighted by Gasteiger charge is -2.35. The van der Waals surface area contributed by atoms with Crippen LogP contribution in [0.4, 0.5) is 0 Å². The molecule has 0 atom stereocenters. The summed E-state index contributed by atoms with van der Waals surface area (Å²) < 4.78 is 0.844. The summed E-state index contributed by atoms with van der Waals surface area (Å²) in [4.78, 5) is 17.0. The third-order valence-corrected chi connectivity index (χ3v) is 3.27. The molecule has 1 aromatic heterocycles. The van der Waals surface area contributed by atoms with Crippen molar-refractivity contribution in [1.82, 2.24) is 9.88 Å². The summed E-state index contributed by atoms with van der Waals surface area (Å²) in [5.41, 5.74) is 0. The number of nitrogens with zero attached hydrogens (tertiary/aromatic N) is 2. The molecule has 6 heteroatoms. The van der Waals surface area contributed by atoms with E-state index in [1.807, 2.05) is 0 Å². The zero-order chi connectivity index (χ0) is 9.42. The molecule has 0 spiro atoms. The lowest BCUT2D eigenvalue weighted by molar-refractivity contribution is 0.00588. The van der Waals surface area contributed by atoms with E-state index in [0.29, 0.717) is 18.1 Å². The second-order valence-corrected chi connectivity index (χ2v) is 5.24. The number of likely N-dealkylation sites (tertiary alicyclic amines) is 1. The van der Waals surface area contributed by atoms with Gasteiger partial charge in [-0.1, -0.05) is 0 Å². The molecule has 70 valence electrons. The number of aliphatic hydroxyl groups is 1. The molecule has 1 saturated heterocycles. The molecule has 0 bridgehead atoms. The maximum Gasteiger partial charge on any atom is 0.283 e. The fourth-order valence-electron chi connectivity index (χ4n) is 1.11. The van der Waals surface area contributed by atoms with Gasteiger partial charge in [0.2, 0.25) is 0 Å². The van der Waals surface area contributed by atoms with E-state index in [1.165, 1.54) is 11.3 Å². The second kappa shape index (κ2) is 3.36. The Kier molecular flexibility index (Phi) is 2.35. The highest BCUT2D eigenvalue weighted by molar-refractivity contribution is 9.11. The van der Waals surface area contributed by atoms with Crippen molar-refractivity contribution in [3.05, 3.63) is 15.0 Å². The fraction of sp³-hybridized carbons (Fsp3) is 0.429. The summed E-state index contributed by atoms with van der Waals surface area (Å²) in [6.45, 7) is 0.853. The molecule has 1 N–H and O–H groups in total. The average Bonchev–Trinajstić information content (AvgIpc) is 2.45. The Hall–Kier alpha value is -0.460. The van der Waals surface area contributed by atoms with Crippen LogP contribution in [0.5, 0.6) is 0 Å². The minimum Gasteiger partial charge on any atom is -0.389 e. The number of hydrogen-bond acceptors (Lipinski definition) is 4. The topological polar surface area (TPSA) is 53.4 Å². The van der Waals surface area contributed by atoms with Gasteiger partial charge in [-0.25, -0.2) is 4.98 Å². The molecule has 2 rings (SSSR count). The fourth-order valence-corrected chi connectivity index (χ4v) is 2.28. The van der Waals surface area contributed by atoms with Crippen molar-refractivity contribution >= 4 is 33.2 Å². The molecule has 1 amide bonds. The number of halogens is 1. The number of aliphatic hydroxyl groups excluding tert-OH is 1. The number of aromatic nitrogens is 1. The molecule has 0 radical (unpaired) electrons. The van der Waals surface area contributed by atoms with Crippen molar-refractivity contribution in [2.24, 2.45) is 0 Å². The third-order valence-electron chi connectivity index (χ3n) is 1.81. The monoisotopic (exact) mass is 262 g/mol. The Morgan fingerprint density at radius 1 is 1.77 bits per heavy atom. The maximum absolute atomic E-state index is 11.5. The quantitative estimate of drug-likeness (QED) is 0.812. The average molecular weight is 263 g/mol. The number of thiazole rings is 1. The lowest BCUT2D eigenvalue weighted by atomic mass is 10.2. The zero-order valence-corrected chi connectivity index (χ0v) is 9.01. The normalized spacial score (nSPS) is 17.2. The van der Waals surface area contributed by atoms with E-state index in [9.17, 15) is 4.79 Å². The predicted molar refractivity (Wildman–Crippen MR) is 51.7 cm³/mol. The highest BCUT2D eigenvalue weighted by atomic mass is 79.9.